The van der Waals surface area contributed by atoms with Crippen LogP contribution in [0.2, 0.25) is 5.02 Å². The van der Waals surface area contributed by atoms with E-state index in [0.29, 0.717) is 22.2 Å². The van der Waals surface area contributed by atoms with Gasteiger partial charge in [-0.3, -0.25) is 14.5 Å². The predicted molar refractivity (Wildman–Crippen MR) is 78.1 cm³/mol. The monoisotopic (exact) mass is 327 g/mol. The zero-order valence-electron chi connectivity index (χ0n) is 11.0. The van der Waals surface area contributed by atoms with E-state index < -0.39 is 11.9 Å². The average molecular weight is 328 g/mol. The first-order valence-corrected chi connectivity index (χ1v) is 7.08. The van der Waals surface area contributed by atoms with Gasteiger partial charge in [-0.25, -0.2) is 4.39 Å². The van der Waals surface area contributed by atoms with E-state index in [1.807, 2.05) is 0 Å². The Labute approximate surface area is 129 Å². The molecule has 0 aliphatic carbocycles. The molecule has 2 amide bonds. The number of imide groups is 1. The van der Waals surface area contributed by atoms with Crippen molar-refractivity contribution in [2.45, 2.75) is 18.9 Å². The molecule has 8 heteroatoms. The molecule has 2 aromatic rings. The maximum absolute atomic E-state index is 13.5. The second-order valence-electron chi connectivity index (χ2n) is 4.93. The molecule has 110 valence electrons. The number of nitrogens with zero attached hydrogens (tertiary/aromatic N) is 2. The van der Waals surface area contributed by atoms with Crippen LogP contribution < -0.4 is 0 Å². The molecule has 2 heterocycles. The molecule has 0 bridgehead atoms. The number of aromatic nitrogens is 2. The van der Waals surface area contributed by atoms with Crippen molar-refractivity contribution in [3.8, 4) is 0 Å². The Morgan fingerprint density at radius 2 is 2.14 bits per heavy atom. The summed E-state index contributed by atoms with van der Waals surface area (Å²) in [4.78, 5) is 27.8. The predicted octanol–water partition coefficient (Wildman–Crippen LogP) is 2.81. The van der Waals surface area contributed by atoms with E-state index in [4.69, 9.17) is 23.8 Å². The molecule has 1 aliphatic rings. The van der Waals surface area contributed by atoms with Gasteiger partial charge in [0.25, 0.3) is 5.91 Å². The van der Waals surface area contributed by atoms with E-state index in [1.165, 1.54) is 19.2 Å². The van der Waals surface area contributed by atoms with E-state index in [2.05, 4.69) is 4.98 Å². The van der Waals surface area contributed by atoms with Crippen molar-refractivity contribution in [2.24, 2.45) is 0 Å². The first-order valence-electron chi connectivity index (χ1n) is 6.30. The molecule has 3 rings (SSSR count). The third kappa shape index (κ3) is 2.16. The van der Waals surface area contributed by atoms with Gasteiger partial charge in [-0.05, 0) is 24.7 Å². The highest BCUT2D eigenvalue weighted by atomic mass is 35.5. The van der Waals surface area contributed by atoms with E-state index >= 15 is 0 Å². The molecule has 0 spiro atoms. The number of carbonyl (C=O) groups excluding carboxylic acids is 2. The van der Waals surface area contributed by atoms with E-state index in [1.54, 1.807) is 4.57 Å². The zero-order chi connectivity index (χ0) is 15.3. The number of H-pyrrole nitrogens is 1. The standard InChI is InChI=1S/C13H11ClFN3O2S/c1-17-11(19)3-2-9(12(17)20)18-10-4-6(14)7(15)5-8(10)16-13(18)21/h4-5,9H,2-3H2,1H3,(H,16,21). The lowest BCUT2D eigenvalue weighted by Crippen LogP contribution is -2.43. The van der Waals surface area contributed by atoms with Gasteiger partial charge >= 0.3 is 0 Å². The van der Waals surface area contributed by atoms with Crippen LogP contribution in [0.4, 0.5) is 4.39 Å². The van der Waals surface area contributed by atoms with Crippen LogP contribution in [0.1, 0.15) is 18.9 Å². The van der Waals surface area contributed by atoms with Gasteiger partial charge in [-0.15, -0.1) is 0 Å². The van der Waals surface area contributed by atoms with Gasteiger partial charge in [0.2, 0.25) is 5.91 Å². The van der Waals surface area contributed by atoms with Crippen LogP contribution in [0.5, 0.6) is 0 Å². The van der Waals surface area contributed by atoms with Crippen LogP contribution >= 0.6 is 23.8 Å². The Morgan fingerprint density at radius 1 is 1.43 bits per heavy atom. The number of likely N-dealkylation sites (N-methyl/N-ethyl adjacent to an activating group) is 1. The normalized spacial score (nSPS) is 19.6. The Morgan fingerprint density at radius 3 is 2.86 bits per heavy atom. The smallest absolute Gasteiger partial charge is 0.252 e. The summed E-state index contributed by atoms with van der Waals surface area (Å²) in [5.41, 5.74) is 1.02. The maximum atomic E-state index is 13.5. The summed E-state index contributed by atoms with van der Waals surface area (Å²) in [7, 11) is 1.45. The summed E-state index contributed by atoms with van der Waals surface area (Å²) in [5, 5.41) is -0.0436. The molecule has 21 heavy (non-hydrogen) atoms. The number of imidazole rings is 1. The number of rotatable bonds is 1. The lowest BCUT2D eigenvalue weighted by Gasteiger charge is -2.28. The van der Waals surface area contributed by atoms with Crippen LogP contribution in [0.3, 0.4) is 0 Å². The molecule has 1 unspecified atom stereocenters. The van der Waals surface area contributed by atoms with Crippen molar-refractivity contribution in [3.05, 3.63) is 27.7 Å². The SMILES string of the molecule is CN1C(=O)CCC(n2c(=S)[nH]c3cc(F)c(Cl)cc32)C1=O. The summed E-state index contributed by atoms with van der Waals surface area (Å²) in [6.45, 7) is 0. The van der Waals surface area contributed by atoms with Crippen LogP contribution in [0, 0.1) is 10.6 Å². The molecule has 1 atom stereocenters. The second kappa shape index (κ2) is 4.92. The van der Waals surface area contributed by atoms with Gasteiger partial charge in [0.15, 0.2) is 4.77 Å². The molecule has 1 fully saturated rings. The summed E-state index contributed by atoms with van der Waals surface area (Å²) >= 11 is 11.0. The summed E-state index contributed by atoms with van der Waals surface area (Å²) in [5.74, 6) is -1.11. The zero-order valence-corrected chi connectivity index (χ0v) is 12.6. The van der Waals surface area contributed by atoms with Gasteiger partial charge in [0.05, 0.1) is 16.1 Å². The number of halogens is 2. The number of likely N-dealkylation sites (tertiary alicyclic amines) is 1. The minimum absolute atomic E-state index is 0.0436. The number of aromatic amines is 1. The maximum Gasteiger partial charge on any atom is 0.252 e. The number of hydrogen-bond acceptors (Lipinski definition) is 3. The quantitative estimate of drug-likeness (QED) is 0.647. The molecular weight excluding hydrogens is 317 g/mol. The molecule has 0 radical (unpaired) electrons. The molecule has 1 aromatic carbocycles. The Balaban J connectivity index is 2.19. The van der Waals surface area contributed by atoms with Crippen molar-refractivity contribution in [1.82, 2.24) is 14.5 Å². The molecule has 1 aromatic heterocycles. The minimum Gasteiger partial charge on any atom is -0.330 e. The second-order valence-corrected chi connectivity index (χ2v) is 5.72. The molecule has 1 N–H and O–H groups in total. The third-order valence-electron chi connectivity index (χ3n) is 3.69. The Kier molecular flexibility index (Phi) is 3.33. The summed E-state index contributed by atoms with van der Waals surface area (Å²) < 4.78 is 15.4. The van der Waals surface area contributed by atoms with Crippen molar-refractivity contribution < 1.29 is 14.0 Å². The highest BCUT2D eigenvalue weighted by Gasteiger charge is 2.34. The van der Waals surface area contributed by atoms with Gasteiger partial charge in [0.1, 0.15) is 11.9 Å². The third-order valence-corrected chi connectivity index (χ3v) is 4.28. The van der Waals surface area contributed by atoms with Crippen LogP contribution in [-0.2, 0) is 9.59 Å². The first kappa shape index (κ1) is 14.2. The molecule has 1 aliphatic heterocycles. The van der Waals surface area contributed by atoms with Crippen molar-refractivity contribution >= 4 is 46.7 Å². The van der Waals surface area contributed by atoms with Crippen molar-refractivity contribution in [2.75, 3.05) is 7.05 Å². The van der Waals surface area contributed by atoms with Crippen molar-refractivity contribution in [3.63, 3.8) is 0 Å². The van der Waals surface area contributed by atoms with Crippen LogP contribution in [-0.4, -0.2) is 33.3 Å². The number of piperidine rings is 1. The number of fused-ring (bicyclic) bond motifs is 1. The highest BCUT2D eigenvalue weighted by molar-refractivity contribution is 7.71. The lowest BCUT2D eigenvalue weighted by atomic mass is 10.0. The van der Waals surface area contributed by atoms with Gasteiger partial charge in [-0.2, -0.15) is 0 Å². The number of amides is 2. The number of benzene rings is 1. The largest absolute Gasteiger partial charge is 0.330 e. The molecular formula is C13H11ClFN3O2S. The minimum atomic E-state index is -0.588. The Hall–Kier alpha value is -1.73. The number of carbonyl (C=O) groups is 2. The number of nitrogens with one attached hydrogen (secondary N) is 1. The fourth-order valence-corrected chi connectivity index (χ4v) is 3.06. The summed E-state index contributed by atoms with van der Waals surface area (Å²) in [6, 6.07) is 2.09. The molecule has 5 nitrogen and oxygen atoms in total. The molecule has 1 saturated heterocycles. The van der Waals surface area contributed by atoms with E-state index in [-0.39, 0.29) is 23.3 Å². The van der Waals surface area contributed by atoms with Gasteiger partial charge in [0, 0.05) is 19.5 Å². The lowest BCUT2D eigenvalue weighted by molar-refractivity contribution is -0.149. The number of hydrogen-bond donors (Lipinski definition) is 1. The van der Waals surface area contributed by atoms with Gasteiger partial charge in [-0.1, -0.05) is 11.6 Å². The fourth-order valence-electron chi connectivity index (χ4n) is 2.57. The topological polar surface area (TPSA) is 58.1 Å². The molecule has 0 saturated carbocycles. The van der Waals surface area contributed by atoms with Crippen molar-refractivity contribution in [1.29, 1.82) is 0 Å². The van der Waals surface area contributed by atoms with E-state index in [0.717, 1.165) is 4.90 Å². The fraction of sp³-hybridized carbons (Fsp3) is 0.308. The van der Waals surface area contributed by atoms with Crippen LogP contribution in [0.15, 0.2) is 12.1 Å². The van der Waals surface area contributed by atoms with E-state index in [9.17, 15) is 14.0 Å². The Bertz CT molecular complexity index is 829. The summed E-state index contributed by atoms with van der Waals surface area (Å²) in [6.07, 6.45) is 0.620. The average Bonchev–Trinajstić information content (AvgIpc) is 2.73. The highest BCUT2D eigenvalue weighted by Crippen LogP contribution is 2.30. The first-order chi connectivity index (χ1) is 9.90. The van der Waals surface area contributed by atoms with Crippen LogP contribution in [0.25, 0.3) is 11.0 Å². The van der Waals surface area contributed by atoms with Gasteiger partial charge < -0.3 is 9.55 Å².